The van der Waals surface area contributed by atoms with Gasteiger partial charge >= 0.3 is 6.09 Å². The molecule has 0 spiro atoms. The molecule has 1 aromatic rings. The van der Waals surface area contributed by atoms with Crippen LogP contribution in [0.2, 0.25) is 0 Å². The van der Waals surface area contributed by atoms with Crippen molar-refractivity contribution in [2.24, 2.45) is 16.6 Å². The smallest absolute Gasteiger partial charge is 0.408 e. The Kier molecular flexibility index (Phi) is 14.9. The second kappa shape index (κ2) is 18.4. The number of ketones is 1. The summed E-state index contributed by atoms with van der Waals surface area (Å²) in [6.45, 7) is 9.89. The fraction of sp³-hybridized carbons (Fsp3) is 0.611. The molecule has 1 saturated carbocycles. The minimum atomic E-state index is -2.67. The summed E-state index contributed by atoms with van der Waals surface area (Å²) in [6.07, 6.45) is 2.09. The van der Waals surface area contributed by atoms with Crippen LogP contribution in [0.1, 0.15) is 77.8 Å². The molecule has 1 saturated heterocycles. The van der Waals surface area contributed by atoms with Gasteiger partial charge in [-0.1, -0.05) is 56.2 Å². The average Bonchev–Trinajstić information content (AvgIpc) is 3.56. The number of carbonyl (C=O) groups is 5. The number of ether oxygens (including phenoxy) is 1. The number of likely N-dealkylation sites (N-methyl/N-ethyl adjacent to an activating group) is 1. The topological polar surface area (TPSA) is 237 Å². The largest absolute Gasteiger partial charge is 0.444 e. The minimum Gasteiger partial charge on any atom is -0.444 e. The molecule has 2 fully saturated rings. The normalized spacial score (nSPS) is 19.0. The lowest BCUT2D eigenvalue weighted by Crippen LogP contribution is -2.62. The first-order valence-electron chi connectivity index (χ1n) is 17.6. The van der Waals surface area contributed by atoms with E-state index in [1.165, 1.54) is 11.9 Å². The summed E-state index contributed by atoms with van der Waals surface area (Å²) in [4.78, 5) is 72.0. The molecule has 16 heteroatoms. The van der Waals surface area contributed by atoms with Gasteiger partial charge in [0, 0.05) is 19.2 Å². The van der Waals surface area contributed by atoms with Gasteiger partial charge in [0.05, 0.1) is 12.6 Å². The Morgan fingerprint density at radius 1 is 1.02 bits per heavy atom. The van der Waals surface area contributed by atoms with E-state index in [0.717, 1.165) is 26.2 Å². The monoisotopic (exact) mass is 728 g/mol. The van der Waals surface area contributed by atoms with Crippen molar-refractivity contribution in [1.82, 2.24) is 31.5 Å². The predicted molar refractivity (Wildman–Crippen MR) is 194 cm³/mol. The van der Waals surface area contributed by atoms with Crippen molar-refractivity contribution in [3.63, 3.8) is 0 Å². The van der Waals surface area contributed by atoms with E-state index in [9.17, 15) is 34.2 Å². The molecule has 52 heavy (non-hydrogen) atoms. The zero-order valence-corrected chi connectivity index (χ0v) is 31.0. The van der Waals surface area contributed by atoms with Gasteiger partial charge in [-0.15, -0.1) is 0 Å². The van der Waals surface area contributed by atoms with Gasteiger partial charge in [0.2, 0.25) is 11.8 Å². The fourth-order valence-corrected chi connectivity index (χ4v) is 6.03. The van der Waals surface area contributed by atoms with E-state index in [1.54, 1.807) is 52.1 Å². The lowest BCUT2D eigenvalue weighted by Gasteiger charge is -2.35. The molecule has 5 unspecified atom stereocenters. The standard InChI is InChI=1S/C36H56N8O8/c1-21(31(46)40-20-26(38-6)42-27(28(45)30(37)39-7)23-15-9-8-10-16-23)24(19-22-13-11-14-22)41-32(47)25-17-12-18-44(25)33(48)29(36(5,50)51)43-34(49)52-35(2,3)4/h8-10,15-16,22,24-25,27,29-30,39,50-51H,1,11-14,17-20,37H2,2-7H3,(H,38,42)(H,40,46)(H,41,47)(H,43,49). The zero-order valence-electron chi connectivity index (χ0n) is 31.0. The van der Waals surface area contributed by atoms with Gasteiger partial charge in [0.25, 0.3) is 5.91 Å². The number of nitrogens with one attached hydrogen (secondary N) is 5. The number of amidine groups is 1. The van der Waals surface area contributed by atoms with Gasteiger partial charge in [-0.05, 0) is 65.5 Å². The Labute approximate surface area is 305 Å². The van der Waals surface area contributed by atoms with E-state index < -0.39 is 65.5 Å². The summed E-state index contributed by atoms with van der Waals surface area (Å²) < 4.78 is 5.21. The number of alkyl carbamates (subject to hydrolysis) is 1. The van der Waals surface area contributed by atoms with E-state index in [1.807, 2.05) is 6.07 Å². The number of hydrogen-bond acceptors (Lipinski definition) is 11. The van der Waals surface area contributed by atoms with Gasteiger partial charge in [-0.25, -0.2) is 4.79 Å². The highest BCUT2D eigenvalue weighted by molar-refractivity contribution is 6.00. The van der Waals surface area contributed by atoms with E-state index in [4.69, 9.17) is 10.5 Å². The molecule has 4 amide bonds. The maximum absolute atomic E-state index is 13.8. The number of hydrogen-bond donors (Lipinski definition) is 8. The van der Waals surface area contributed by atoms with Crippen LogP contribution < -0.4 is 32.3 Å². The van der Waals surface area contributed by atoms with Gasteiger partial charge in [-0.3, -0.25) is 29.5 Å². The fourth-order valence-electron chi connectivity index (χ4n) is 6.03. The Bertz CT molecular complexity index is 1470. The number of likely N-dealkylation sites (tertiary alicyclic amines) is 1. The van der Waals surface area contributed by atoms with Gasteiger partial charge < -0.3 is 46.9 Å². The Morgan fingerprint density at radius 3 is 2.21 bits per heavy atom. The van der Waals surface area contributed by atoms with Crippen LogP contribution >= 0.6 is 0 Å². The summed E-state index contributed by atoms with van der Waals surface area (Å²) in [5, 5.41) is 34.6. The number of nitrogens with zero attached hydrogens (tertiary/aromatic N) is 2. The van der Waals surface area contributed by atoms with Gasteiger partial charge in [0.15, 0.2) is 17.6 Å². The number of aliphatic hydroxyl groups is 2. The zero-order chi connectivity index (χ0) is 38.8. The summed E-state index contributed by atoms with van der Waals surface area (Å²) in [6, 6.07) is 4.53. The predicted octanol–water partition coefficient (Wildman–Crippen LogP) is 0.351. The lowest BCUT2D eigenvalue weighted by molar-refractivity contribution is -0.182. The molecule has 1 aliphatic carbocycles. The van der Waals surface area contributed by atoms with Crippen molar-refractivity contribution >= 4 is 35.4 Å². The van der Waals surface area contributed by atoms with E-state index in [0.29, 0.717) is 24.2 Å². The minimum absolute atomic E-state index is 0.0815. The van der Waals surface area contributed by atoms with Crippen molar-refractivity contribution in [2.45, 2.75) is 108 Å². The third-order valence-corrected chi connectivity index (χ3v) is 9.15. The van der Waals surface area contributed by atoms with Gasteiger partial charge in [-0.2, -0.15) is 0 Å². The lowest BCUT2D eigenvalue weighted by atomic mass is 9.79. The van der Waals surface area contributed by atoms with Crippen molar-refractivity contribution < 1.29 is 38.9 Å². The van der Waals surface area contributed by atoms with Crippen molar-refractivity contribution in [3.05, 3.63) is 48.0 Å². The number of aliphatic imine (C=N–C) groups is 1. The molecule has 5 atom stereocenters. The Hall–Kier alpha value is -4.38. The van der Waals surface area contributed by atoms with Crippen LogP contribution in [0.15, 0.2) is 47.5 Å². The van der Waals surface area contributed by atoms with Crippen LogP contribution in [-0.4, -0.2) is 113 Å². The molecular formula is C36H56N8O8. The Balaban J connectivity index is 1.72. The number of amides is 4. The first-order chi connectivity index (χ1) is 24.4. The molecule has 1 heterocycles. The molecule has 0 bridgehead atoms. The molecule has 2 aliphatic rings. The Morgan fingerprint density at radius 2 is 1.67 bits per heavy atom. The molecule has 1 aromatic carbocycles. The molecule has 9 N–H and O–H groups in total. The SMILES string of the molecule is C=C(C(=O)NCC(=NC)NC(C(=O)C(N)NC)c1ccccc1)C(CC1CCC1)NC(=O)C1CCCN1C(=O)C(NC(=O)OC(C)(C)C)C(C)(O)O. The molecule has 0 radical (unpaired) electrons. The quantitative estimate of drug-likeness (QED) is 0.0501. The van der Waals surface area contributed by atoms with Crippen molar-refractivity contribution in [3.8, 4) is 0 Å². The van der Waals surface area contributed by atoms with Crippen molar-refractivity contribution in [1.29, 1.82) is 0 Å². The number of nitrogens with two attached hydrogens (primary N) is 1. The second-order valence-electron chi connectivity index (χ2n) is 14.5. The molecule has 16 nitrogen and oxygen atoms in total. The highest BCUT2D eigenvalue weighted by atomic mass is 16.6. The first kappa shape index (κ1) is 42.0. The van der Waals surface area contributed by atoms with E-state index >= 15 is 0 Å². The number of benzene rings is 1. The second-order valence-corrected chi connectivity index (χ2v) is 14.5. The maximum atomic E-state index is 13.8. The molecule has 1 aliphatic heterocycles. The number of carbonyl (C=O) groups excluding carboxylic acids is 5. The van der Waals surface area contributed by atoms with Crippen LogP contribution in [0.25, 0.3) is 0 Å². The first-order valence-corrected chi connectivity index (χ1v) is 17.6. The highest BCUT2D eigenvalue weighted by Crippen LogP contribution is 2.32. The summed E-state index contributed by atoms with van der Waals surface area (Å²) >= 11 is 0. The van der Waals surface area contributed by atoms with Crippen LogP contribution in [0.3, 0.4) is 0 Å². The molecular weight excluding hydrogens is 672 g/mol. The number of rotatable bonds is 16. The summed E-state index contributed by atoms with van der Waals surface area (Å²) in [5.74, 6) is -4.39. The van der Waals surface area contributed by atoms with Crippen LogP contribution in [0, 0.1) is 5.92 Å². The third kappa shape index (κ3) is 11.8. The van der Waals surface area contributed by atoms with Crippen LogP contribution in [0.4, 0.5) is 4.79 Å². The molecule has 0 aromatic heterocycles. The molecule has 3 rings (SSSR count). The van der Waals surface area contributed by atoms with Crippen molar-refractivity contribution in [2.75, 3.05) is 27.2 Å². The van der Waals surface area contributed by atoms with Crippen LogP contribution in [0.5, 0.6) is 0 Å². The van der Waals surface area contributed by atoms with E-state index in [-0.39, 0.29) is 36.8 Å². The van der Waals surface area contributed by atoms with Gasteiger partial charge in [0.1, 0.15) is 29.7 Å². The molecule has 288 valence electrons. The average molecular weight is 729 g/mol. The summed E-state index contributed by atoms with van der Waals surface area (Å²) in [5.41, 5.74) is 5.83. The number of Topliss-reactive ketones (excluding diaryl/α,β-unsaturated/α-hetero) is 1. The van der Waals surface area contributed by atoms with E-state index in [2.05, 4.69) is 38.2 Å². The maximum Gasteiger partial charge on any atom is 0.408 e. The summed E-state index contributed by atoms with van der Waals surface area (Å²) in [7, 11) is 3.10. The van der Waals surface area contributed by atoms with Crippen LogP contribution in [-0.2, 0) is 23.9 Å². The third-order valence-electron chi connectivity index (χ3n) is 9.15. The highest BCUT2D eigenvalue weighted by Gasteiger charge is 2.45.